The van der Waals surface area contributed by atoms with E-state index in [1.165, 1.54) is 12.8 Å². The second-order valence-corrected chi connectivity index (χ2v) is 4.95. The number of carbonyl (C=O) groups excluding carboxylic acids is 1. The van der Waals surface area contributed by atoms with Crippen LogP contribution in [-0.2, 0) is 9.53 Å². The first-order chi connectivity index (χ1) is 8.75. The Hall–Kier alpha value is -1.35. The van der Waals surface area contributed by atoms with Crippen LogP contribution in [-0.4, -0.2) is 12.1 Å². The van der Waals surface area contributed by atoms with Gasteiger partial charge in [-0.1, -0.05) is 30.3 Å². The fourth-order valence-electron chi connectivity index (χ4n) is 2.39. The van der Waals surface area contributed by atoms with Gasteiger partial charge in [-0.2, -0.15) is 0 Å². The van der Waals surface area contributed by atoms with Crippen molar-refractivity contribution in [1.29, 1.82) is 0 Å². The standard InChI is InChI=1S/C15H21NO2/c16-14(12-6-2-1-3-7-12)10-11-15(17)18-13-8-4-5-9-13/h1-3,6-7,13-14H,4-5,8-11,16H2. The van der Waals surface area contributed by atoms with Crippen LogP contribution in [0.2, 0.25) is 0 Å². The molecule has 1 fully saturated rings. The monoisotopic (exact) mass is 247 g/mol. The largest absolute Gasteiger partial charge is 0.462 e. The average Bonchev–Trinajstić information content (AvgIpc) is 2.90. The number of benzene rings is 1. The molecule has 0 saturated heterocycles. The van der Waals surface area contributed by atoms with Gasteiger partial charge in [0.2, 0.25) is 0 Å². The third-order valence-electron chi connectivity index (χ3n) is 3.49. The van der Waals surface area contributed by atoms with E-state index < -0.39 is 0 Å². The van der Waals surface area contributed by atoms with Gasteiger partial charge in [0.15, 0.2) is 0 Å². The van der Waals surface area contributed by atoms with Crippen LogP contribution >= 0.6 is 0 Å². The predicted molar refractivity (Wildman–Crippen MR) is 71.0 cm³/mol. The fraction of sp³-hybridized carbons (Fsp3) is 0.533. The molecular formula is C15H21NO2. The average molecular weight is 247 g/mol. The van der Waals surface area contributed by atoms with Crippen LogP contribution in [0.3, 0.4) is 0 Å². The zero-order valence-corrected chi connectivity index (χ0v) is 10.7. The molecule has 3 nitrogen and oxygen atoms in total. The normalized spacial score (nSPS) is 17.6. The van der Waals surface area contributed by atoms with Crippen molar-refractivity contribution in [2.75, 3.05) is 0 Å². The molecule has 1 aliphatic carbocycles. The molecule has 1 saturated carbocycles. The minimum Gasteiger partial charge on any atom is -0.462 e. The number of nitrogens with two attached hydrogens (primary N) is 1. The highest BCUT2D eigenvalue weighted by Crippen LogP contribution is 2.22. The van der Waals surface area contributed by atoms with Crippen molar-refractivity contribution in [3.05, 3.63) is 35.9 Å². The quantitative estimate of drug-likeness (QED) is 0.814. The van der Waals surface area contributed by atoms with Gasteiger partial charge in [0.1, 0.15) is 6.10 Å². The molecule has 2 rings (SSSR count). The van der Waals surface area contributed by atoms with E-state index >= 15 is 0 Å². The molecule has 3 heteroatoms. The summed E-state index contributed by atoms with van der Waals surface area (Å²) in [6.07, 6.45) is 5.63. The molecule has 1 aromatic rings. The first-order valence-corrected chi connectivity index (χ1v) is 6.75. The molecule has 0 amide bonds. The van der Waals surface area contributed by atoms with Gasteiger partial charge in [0.05, 0.1) is 0 Å². The molecule has 1 aliphatic rings. The van der Waals surface area contributed by atoms with Crippen LogP contribution in [0.15, 0.2) is 30.3 Å². The summed E-state index contributed by atoms with van der Waals surface area (Å²) in [7, 11) is 0. The molecule has 1 atom stereocenters. The van der Waals surface area contributed by atoms with E-state index in [9.17, 15) is 4.79 Å². The second kappa shape index (κ2) is 6.55. The van der Waals surface area contributed by atoms with Crippen LogP contribution in [0.25, 0.3) is 0 Å². The Morgan fingerprint density at radius 3 is 2.61 bits per heavy atom. The van der Waals surface area contributed by atoms with Crippen LogP contribution in [0, 0.1) is 0 Å². The van der Waals surface area contributed by atoms with E-state index in [1.54, 1.807) is 0 Å². The molecule has 98 valence electrons. The van der Waals surface area contributed by atoms with Gasteiger partial charge >= 0.3 is 5.97 Å². The number of esters is 1. The summed E-state index contributed by atoms with van der Waals surface area (Å²) in [6, 6.07) is 9.80. The lowest BCUT2D eigenvalue weighted by Gasteiger charge is -2.14. The summed E-state index contributed by atoms with van der Waals surface area (Å²) in [5.74, 6) is -0.103. The van der Waals surface area contributed by atoms with Crippen LogP contribution < -0.4 is 5.73 Å². The highest BCUT2D eigenvalue weighted by atomic mass is 16.5. The molecule has 18 heavy (non-hydrogen) atoms. The number of ether oxygens (including phenoxy) is 1. The molecule has 0 bridgehead atoms. The number of hydrogen-bond donors (Lipinski definition) is 1. The molecule has 0 aromatic heterocycles. The van der Waals surface area contributed by atoms with Crippen molar-refractivity contribution in [2.24, 2.45) is 5.73 Å². The molecule has 2 N–H and O–H groups in total. The number of carbonyl (C=O) groups is 1. The second-order valence-electron chi connectivity index (χ2n) is 4.95. The Labute approximate surface area is 108 Å². The Kier molecular flexibility index (Phi) is 4.76. The topological polar surface area (TPSA) is 52.3 Å². The van der Waals surface area contributed by atoms with Crippen LogP contribution in [0.5, 0.6) is 0 Å². The third kappa shape index (κ3) is 3.84. The minimum atomic E-state index is -0.103. The van der Waals surface area contributed by atoms with E-state index in [0.29, 0.717) is 12.8 Å². The molecule has 1 aromatic carbocycles. The summed E-state index contributed by atoms with van der Waals surface area (Å²) >= 11 is 0. The third-order valence-corrected chi connectivity index (χ3v) is 3.49. The highest BCUT2D eigenvalue weighted by molar-refractivity contribution is 5.69. The molecule has 1 unspecified atom stereocenters. The van der Waals surface area contributed by atoms with E-state index in [4.69, 9.17) is 10.5 Å². The summed E-state index contributed by atoms with van der Waals surface area (Å²) < 4.78 is 5.40. The molecule has 0 spiro atoms. The van der Waals surface area contributed by atoms with Gasteiger partial charge < -0.3 is 10.5 Å². The smallest absolute Gasteiger partial charge is 0.306 e. The summed E-state index contributed by atoms with van der Waals surface area (Å²) in [6.45, 7) is 0. The van der Waals surface area contributed by atoms with E-state index in [1.807, 2.05) is 30.3 Å². The van der Waals surface area contributed by atoms with Crippen molar-refractivity contribution in [3.8, 4) is 0 Å². The maximum atomic E-state index is 11.7. The maximum Gasteiger partial charge on any atom is 0.306 e. The van der Waals surface area contributed by atoms with Crippen molar-refractivity contribution < 1.29 is 9.53 Å². The van der Waals surface area contributed by atoms with Crippen molar-refractivity contribution >= 4 is 5.97 Å². The van der Waals surface area contributed by atoms with Crippen molar-refractivity contribution in [1.82, 2.24) is 0 Å². The summed E-state index contributed by atoms with van der Waals surface area (Å²) in [4.78, 5) is 11.7. The van der Waals surface area contributed by atoms with Gasteiger partial charge in [0, 0.05) is 12.5 Å². The maximum absolute atomic E-state index is 11.7. The lowest BCUT2D eigenvalue weighted by molar-refractivity contribution is -0.148. The lowest BCUT2D eigenvalue weighted by atomic mass is 10.0. The van der Waals surface area contributed by atoms with Gasteiger partial charge in [-0.25, -0.2) is 0 Å². The minimum absolute atomic E-state index is 0.0812. The first kappa shape index (κ1) is 13.1. The molecule has 0 aliphatic heterocycles. The molecule has 0 heterocycles. The summed E-state index contributed by atoms with van der Waals surface area (Å²) in [5, 5.41) is 0. The summed E-state index contributed by atoms with van der Waals surface area (Å²) in [5.41, 5.74) is 7.12. The molecular weight excluding hydrogens is 226 g/mol. The zero-order valence-electron chi connectivity index (χ0n) is 10.7. The predicted octanol–water partition coefficient (Wildman–Crippen LogP) is 2.95. The zero-order chi connectivity index (χ0) is 12.8. The SMILES string of the molecule is NC(CCC(=O)OC1CCCC1)c1ccccc1. The molecule has 0 radical (unpaired) electrons. The highest BCUT2D eigenvalue weighted by Gasteiger charge is 2.19. The van der Waals surface area contributed by atoms with Crippen molar-refractivity contribution in [2.45, 2.75) is 50.7 Å². The van der Waals surface area contributed by atoms with E-state index in [2.05, 4.69) is 0 Å². The first-order valence-electron chi connectivity index (χ1n) is 6.75. The Morgan fingerprint density at radius 1 is 1.28 bits per heavy atom. The fourth-order valence-corrected chi connectivity index (χ4v) is 2.39. The van der Waals surface area contributed by atoms with Crippen LogP contribution in [0.4, 0.5) is 0 Å². The van der Waals surface area contributed by atoms with Gasteiger partial charge in [-0.3, -0.25) is 4.79 Å². The Bertz CT molecular complexity index is 371. The van der Waals surface area contributed by atoms with E-state index in [-0.39, 0.29) is 18.1 Å². The number of hydrogen-bond acceptors (Lipinski definition) is 3. The lowest BCUT2D eigenvalue weighted by Crippen LogP contribution is -2.17. The van der Waals surface area contributed by atoms with Crippen molar-refractivity contribution in [3.63, 3.8) is 0 Å². The van der Waals surface area contributed by atoms with E-state index in [0.717, 1.165) is 18.4 Å². The van der Waals surface area contributed by atoms with Gasteiger partial charge in [-0.15, -0.1) is 0 Å². The Morgan fingerprint density at radius 2 is 1.94 bits per heavy atom. The van der Waals surface area contributed by atoms with Gasteiger partial charge in [0.25, 0.3) is 0 Å². The van der Waals surface area contributed by atoms with Gasteiger partial charge in [-0.05, 0) is 37.7 Å². The Balaban J connectivity index is 1.72. The van der Waals surface area contributed by atoms with Crippen LogP contribution in [0.1, 0.15) is 50.1 Å². The number of rotatable bonds is 5.